The highest BCUT2D eigenvalue weighted by atomic mass is 79.9. The highest BCUT2D eigenvalue weighted by Gasteiger charge is 2.36. The minimum atomic E-state index is -1.74. The fourth-order valence-electron chi connectivity index (χ4n) is 4.52. The molecule has 17 heteroatoms. The lowest BCUT2D eigenvalue weighted by Crippen LogP contribution is -2.41. The number of aliphatic hydroxyl groups excluding tert-OH is 1. The molecule has 0 spiro atoms. The van der Waals surface area contributed by atoms with Crippen LogP contribution in [0.3, 0.4) is 0 Å². The topological polar surface area (TPSA) is 166 Å². The zero-order valence-electron chi connectivity index (χ0n) is 27.9. The minimum Gasteiger partial charge on any atom is -0.417 e. The average molecular weight is 864 g/mol. The summed E-state index contributed by atoms with van der Waals surface area (Å²) in [6.45, 7) is 13.0. The number of fused-ring (bicyclic) bond motifs is 2. The van der Waals surface area contributed by atoms with Crippen LogP contribution in [0, 0.1) is 20.2 Å². The molecule has 4 rings (SSSR count). The van der Waals surface area contributed by atoms with E-state index in [1.165, 1.54) is 0 Å². The number of rotatable bonds is 14. The number of hydrogen-bond donors (Lipinski definition) is 3. The first-order chi connectivity index (χ1) is 23.0. The van der Waals surface area contributed by atoms with E-state index in [9.17, 15) is 20.2 Å². The molecule has 0 bridgehead atoms. The number of benzene rings is 2. The number of nitro groups is 2. The van der Waals surface area contributed by atoms with Gasteiger partial charge in [0, 0.05) is 46.0 Å². The number of nitrogens with one attached hydrogen (secondary N) is 2. The van der Waals surface area contributed by atoms with Crippen LogP contribution in [0.4, 0.5) is 22.7 Å². The van der Waals surface area contributed by atoms with Crippen molar-refractivity contribution in [3.05, 3.63) is 75.9 Å². The summed E-state index contributed by atoms with van der Waals surface area (Å²) in [5.41, 5.74) is 1.54. The highest BCUT2D eigenvalue weighted by molar-refractivity contribution is 9.10. The third kappa shape index (κ3) is 10.9. The van der Waals surface area contributed by atoms with Crippen LogP contribution in [-0.2, 0) is 4.43 Å². The Hall–Kier alpha value is -2.66. The molecule has 0 amide bonds. The molecule has 0 aliphatic rings. The Balaban J connectivity index is 0.000000276. The molecule has 3 N–H and O–H groups in total. The molecule has 0 aliphatic carbocycles. The lowest BCUT2D eigenvalue weighted by atomic mass is 10.1. The normalized spacial score (nSPS) is 11.7. The van der Waals surface area contributed by atoms with Crippen molar-refractivity contribution in [1.82, 2.24) is 9.97 Å². The van der Waals surface area contributed by atoms with E-state index in [1.54, 1.807) is 24.3 Å². The second kappa shape index (κ2) is 18.0. The van der Waals surface area contributed by atoms with Crippen molar-refractivity contribution < 1.29 is 19.4 Å². The van der Waals surface area contributed by atoms with Crippen LogP contribution in [0.1, 0.15) is 46.5 Å². The molecule has 12 nitrogen and oxygen atoms in total. The molecule has 0 radical (unpaired) electrons. The maximum Gasteiger partial charge on any atom is 0.329 e. The first-order valence-corrected chi connectivity index (χ1v) is 20.8. The second-order valence-electron chi connectivity index (χ2n) is 12.7. The van der Waals surface area contributed by atoms with Crippen LogP contribution in [0.5, 0.6) is 0 Å². The molecule has 266 valence electrons. The maximum atomic E-state index is 11.5. The molecule has 0 atom stereocenters. The van der Waals surface area contributed by atoms with Crippen LogP contribution < -0.4 is 10.6 Å². The molecule has 2 aromatic carbocycles. The summed E-state index contributed by atoms with van der Waals surface area (Å²) in [5, 5.41) is 39.0. The van der Waals surface area contributed by atoms with Crippen molar-refractivity contribution in [2.45, 2.75) is 64.6 Å². The number of hydrogen-bond acceptors (Lipinski definition) is 10. The van der Waals surface area contributed by atoms with Gasteiger partial charge in [-0.1, -0.05) is 75.8 Å². The van der Waals surface area contributed by atoms with Crippen LogP contribution in [0.25, 0.3) is 21.8 Å². The molecule has 0 fully saturated rings. The quantitative estimate of drug-likeness (QED) is 0.0365. The number of aliphatic hydroxyl groups is 1. The molecule has 0 unspecified atom stereocenters. The van der Waals surface area contributed by atoms with Gasteiger partial charge < -0.3 is 20.2 Å². The van der Waals surface area contributed by atoms with Crippen molar-refractivity contribution in [3.8, 4) is 0 Å². The van der Waals surface area contributed by atoms with Gasteiger partial charge in [-0.3, -0.25) is 20.2 Å². The fourth-order valence-corrected chi connectivity index (χ4v) is 6.84. The van der Waals surface area contributed by atoms with E-state index in [0.717, 1.165) is 21.8 Å². The molecular formula is C32H40Br2Cl2N6O6Si. The molecule has 2 aromatic heterocycles. The molecular weight excluding hydrogens is 823 g/mol. The third-order valence-electron chi connectivity index (χ3n) is 8.15. The standard InChI is InChI=1S/C19H27BrClN3O3Si.C13H13BrClN3O3/c1-19(2,3)28(4,5)27-11-7-6-10-22-16-14-12-13(20)8-9-15(14)23-18(21)17(16)24(25)26;14-8-3-4-10-9(7-8)11(16-5-1-2-6-19)12(18(20)21)13(15)17-10/h8-9,12H,6-7,10-11H2,1-5H3,(H,22,23);3-4,7,19H,1-2,5-6H2,(H,16,17). The Bertz CT molecular complexity index is 1810. The van der Waals surface area contributed by atoms with Gasteiger partial charge in [0.15, 0.2) is 8.32 Å². The number of pyridine rings is 2. The van der Waals surface area contributed by atoms with Gasteiger partial charge in [0.1, 0.15) is 11.4 Å². The fraction of sp³-hybridized carbons (Fsp3) is 0.438. The summed E-state index contributed by atoms with van der Waals surface area (Å²) in [5.74, 6) is 0. The largest absolute Gasteiger partial charge is 0.417 e. The summed E-state index contributed by atoms with van der Waals surface area (Å²) >= 11 is 18.8. The van der Waals surface area contributed by atoms with Crippen molar-refractivity contribution in [3.63, 3.8) is 0 Å². The monoisotopic (exact) mass is 860 g/mol. The summed E-state index contributed by atoms with van der Waals surface area (Å²) in [7, 11) is -1.74. The van der Waals surface area contributed by atoms with Crippen LogP contribution in [0.15, 0.2) is 45.3 Å². The van der Waals surface area contributed by atoms with E-state index in [2.05, 4.69) is 86.3 Å². The lowest BCUT2D eigenvalue weighted by Gasteiger charge is -2.36. The van der Waals surface area contributed by atoms with Crippen molar-refractivity contribution in [1.29, 1.82) is 0 Å². The number of aromatic nitrogens is 2. The summed E-state index contributed by atoms with van der Waals surface area (Å²) < 4.78 is 7.80. The molecule has 2 heterocycles. The summed E-state index contributed by atoms with van der Waals surface area (Å²) in [4.78, 5) is 30.0. The number of nitrogens with zero attached hydrogens (tertiary/aromatic N) is 4. The zero-order valence-corrected chi connectivity index (χ0v) is 33.6. The average Bonchev–Trinajstić information content (AvgIpc) is 3.00. The molecule has 0 saturated carbocycles. The molecule has 0 saturated heterocycles. The van der Waals surface area contributed by atoms with E-state index >= 15 is 0 Å². The Morgan fingerprint density at radius 2 is 1.24 bits per heavy atom. The van der Waals surface area contributed by atoms with E-state index in [1.807, 2.05) is 12.1 Å². The molecule has 0 aliphatic heterocycles. The Morgan fingerprint density at radius 1 is 0.816 bits per heavy atom. The smallest absolute Gasteiger partial charge is 0.329 e. The van der Waals surface area contributed by atoms with Crippen molar-refractivity contribution in [2.24, 2.45) is 0 Å². The van der Waals surface area contributed by atoms with E-state index in [0.29, 0.717) is 65.7 Å². The highest BCUT2D eigenvalue weighted by Crippen LogP contribution is 2.40. The van der Waals surface area contributed by atoms with E-state index in [4.69, 9.17) is 32.7 Å². The first kappa shape index (κ1) is 40.8. The van der Waals surface area contributed by atoms with Gasteiger partial charge in [-0.05, 0) is 80.2 Å². The predicted octanol–water partition coefficient (Wildman–Crippen LogP) is 10.5. The third-order valence-corrected chi connectivity index (χ3v) is 14.2. The Labute approximate surface area is 313 Å². The van der Waals surface area contributed by atoms with Gasteiger partial charge in [-0.25, -0.2) is 9.97 Å². The SMILES string of the molecule is CC(C)(C)[Si](C)(C)OCCCCNc1c([N+](=O)[O-])c(Cl)nc2ccc(Br)cc12.O=[N+]([O-])c1c(Cl)nc2ccc(Br)cc2c1NCCCCO. The number of anilines is 2. The van der Waals surface area contributed by atoms with E-state index in [-0.39, 0.29) is 33.3 Å². The van der Waals surface area contributed by atoms with Crippen LogP contribution in [-0.4, -0.2) is 59.5 Å². The van der Waals surface area contributed by atoms with Crippen LogP contribution in [0.2, 0.25) is 28.4 Å². The minimum absolute atomic E-state index is 0.0904. The first-order valence-electron chi connectivity index (χ1n) is 15.6. The van der Waals surface area contributed by atoms with Gasteiger partial charge >= 0.3 is 11.4 Å². The summed E-state index contributed by atoms with van der Waals surface area (Å²) in [6, 6.07) is 10.7. The van der Waals surface area contributed by atoms with Crippen molar-refractivity contribution >= 4 is 108 Å². The zero-order chi connectivity index (χ0) is 36.5. The Morgan fingerprint density at radius 3 is 1.63 bits per heavy atom. The maximum absolute atomic E-state index is 11.5. The van der Waals surface area contributed by atoms with Crippen molar-refractivity contribution in [2.75, 3.05) is 36.9 Å². The van der Waals surface area contributed by atoms with Crippen LogP contribution >= 0.6 is 55.1 Å². The van der Waals surface area contributed by atoms with Gasteiger partial charge in [0.25, 0.3) is 0 Å². The van der Waals surface area contributed by atoms with Gasteiger partial charge in [0.2, 0.25) is 10.3 Å². The van der Waals surface area contributed by atoms with E-state index < -0.39 is 18.2 Å². The predicted molar refractivity (Wildman–Crippen MR) is 208 cm³/mol. The molecule has 4 aromatic rings. The van der Waals surface area contributed by atoms with Gasteiger partial charge in [-0.15, -0.1) is 0 Å². The lowest BCUT2D eigenvalue weighted by molar-refractivity contribution is -0.384. The second-order valence-corrected chi connectivity index (χ2v) is 20.0. The van der Waals surface area contributed by atoms with Gasteiger partial charge in [-0.2, -0.15) is 0 Å². The number of halogens is 4. The Kier molecular flexibility index (Phi) is 15.0. The summed E-state index contributed by atoms with van der Waals surface area (Å²) in [6.07, 6.45) is 3.04. The number of unbranched alkanes of at least 4 members (excludes halogenated alkanes) is 2. The van der Waals surface area contributed by atoms with Gasteiger partial charge in [0.05, 0.1) is 20.9 Å². The molecule has 49 heavy (non-hydrogen) atoms.